The molecule has 0 spiro atoms. The molecule has 0 radical (unpaired) electrons. The molecule has 0 amide bonds. The summed E-state index contributed by atoms with van der Waals surface area (Å²) in [5.74, 6) is -0.381. The molecule has 4 nitrogen and oxygen atoms in total. The molecule has 1 heterocycles. The largest absolute Gasteiger partial charge is 0.505 e. The molecule has 2 aromatic rings. The van der Waals surface area contributed by atoms with Crippen molar-refractivity contribution in [3.63, 3.8) is 0 Å². The highest BCUT2D eigenvalue weighted by atomic mass is 35.5. The topological polar surface area (TPSA) is 58.6 Å². The van der Waals surface area contributed by atoms with Gasteiger partial charge in [-0.1, -0.05) is 23.2 Å². The van der Waals surface area contributed by atoms with E-state index in [9.17, 15) is 9.90 Å². The Hall–Kier alpha value is -1.43. The third-order valence-electron chi connectivity index (χ3n) is 2.75. The quantitative estimate of drug-likeness (QED) is 0.632. The first-order chi connectivity index (χ1) is 9.99. The lowest BCUT2D eigenvalue weighted by Crippen LogP contribution is -2.02. The number of nitrogens with one attached hydrogen (secondary N) is 1. The summed E-state index contributed by atoms with van der Waals surface area (Å²) in [6.45, 7) is 0.573. The Labute approximate surface area is 136 Å². The van der Waals surface area contributed by atoms with Gasteiger partial charge in [-0.15, -0.1) is 11.3 Å². The minimum atomic E-state index is -0.256. The molecule has 21 heavy (non-hydrogen) atoms. The third kappa shape index (κ3) is 4.27. The monoisotopic (exact) mass is 345 g/mol. The molecule has 2 rings (SSSR count). The summed E-state index contributed by atoms with van der Waals surface area (Å²) >= 11 is 13.2. The zero-order valence-electron chi connectivity index (χ0n) is 11.2. The minimum Gasteiger partial charge on any atom is -0.505 e. The van der Waals surface area contributed by atoms with Crippen molar-refractivity contribution in [3.8, 4) is 5.75 Å². The molecule has 0 saturated carbocycles. The van der Waals surface area contributed by atoms with Gasteiger partial charge in [-0.05, 0) is 24.3 Å². The van der Waals surface area contributed by atoms with Crippen LogP contribution in [0.1, 0.15) is 9.75 Å². The molecule has 1 aromatic carbocycles. The number of halogens is 2. The summed E-state index contributed by atoms with van der Waals surface area (Å²) < 4.78 is 4.63. The van der Waals surface area contributed by atoms with E-state index in [1.165, 1.54) is 18.4 Å². The van der Waals surface area contributed by atoms with Crippen LogP contribution in [0.25, 0.3) is 0 Å². The maximum atomic E-state index is 11.2. The van der Waals surface area contributed by atoms with Crippen LogP contribution in [0.4, 0.5) is 5.69 Å². The van der Waals surface area contributed by atoms with Gasteiger partial charge in [0, 0.05) is 22.0 Å². The summed E-state index contributed by atoms with van der Waals surface area (Å²) in [5.41, 5.74) is 0.714. The maximum absolute atomic E-state index is 11.2. The number of hydrogen-bond donors (Lipinski definition) is 2. The Morgan fingerprint density at radius 2 is 1.90 bits per heavy atom. The van der Waals surface area contributed by atoms with Crippen LogP contribution in [0, 0.1) is 0 Å². The highest BCUT2D eigenvalue weighted by molar-refractivity contribution is 7.12. The number of carbonyl (C=O) groups excluding carboxylic acids is 1. The van der Waals surface area contributed by atoms with E-state index >= 15 is 0 Å². The van der Waals surface area contributed by atoms with Gasteiger partial charge >= 0.3 is 5.97 Å². The molecular weight excluding hydrogens is 333 g/mol. The first-order valence-corrected chi connectivity index (χ1v) is 7.63. The van der Waals surface area contributed by atoms with E-state index < -0.39 is 0 Å². The Kier molecular flexibility index (Phi) is 5.33. The molecule has 1 aromatic heterocycles. The Balaban J connectivity index is 1.99. The van der Waals surface area contributed by atoms with Crippen LogP contribution in [-0.2, 0) is 22.5 Å². The average molecular weight is 346 g/mol. The lowest BCUT2D eigenvalue weighted by molar-refractivity contribution is -0.139. The van der Waals surface area contributed by atoms with Crippen molar-refractivity contribution >= 4 is 46.2 Å². The number of anilines is 1. The fourth-order valence-electron chi connectivity index (χ4n) is 1.68. The maximum Gasteiger partial charge on any atom is 0.310 e. The summed E-state index contributed by atoms with van der Waals surface area (Å²) in [7, 11) is 1.37. The highest BCUT2D eigenvalue weighted by Gasteiger charge is 2.08. The van der Waals surface area contributed by atoms with Crippen LogP contribution in [-0.4, -0.2) is 18.2 Å². The number of phenols is 1. The second kappa shape index (κ2) is 7.02. The van der Waals surface area contributed by atoms with Crippen LogP contribution in [0.2, 0.25) is 10.0 Å². The van der Waals surface area contributed by atoms with E-state index in [0.717, 1.165) is 9.75 Å². The molecule has 0 aliphatic rings. The number of esters is 1. The van der Waals surface area contributed by atoms with E-state index in [0.29, 0.717) is 12.2 Å². The summed E-state index contributed by atoms with van der Waals surface area (Å²) in [6, 6.07) is 7.05. The van der Waals surface area contributed by atoms with Crippen LogP contribution in [0.3, 0.4) is 0 Å². The summed E-state index contributed by atoms with van der Waals surface area (Å²) in [6.07, 6.45) is 0.276. The Morgan fingerprint density at radius 3 is 2.52 bits per heavy atom. The van der Waals surface area contributed by atoms with Crippen molar-refractivity contribution in [2.45, 2.75) is 13.0 Å². The second-order valence-corrected chi connectivity index (χ2v) is 6.33. The van der Waals surface area contributed by atoms with Crippen LogP contribution >= 0.6 is 34.5 Å². The first kappa shape index (κ1) is 15.9. The predicted octanol–water partition coefficient (Wildman–Crippen LogP) is 4.09. The summed E-state index contributed by atoms with van der Waals surface area (Å²) in [5, 5.41) is 13.1. The van der Waals surface area contributed by atoms with Crippen molar-refractivity contribution in [2.24, 2.45) is 0 Å². The molecule has 0 fully saturated rings. The molecule has 7 heteroatoms. The second-order valence-electron chi connectivity index (χ2n) is 4.26. The fraction of sp³-hybridized carbons (Fsp3) is 0.214. The normalized spacial score (nSPS) is 10.4. The molecule has 0 bridgehead atoms. The van der Waals surface area contributed by atoms with Crippen molar-refractivity contribution in [1.82, 2.24) is 0 Å². The number of benzene rings is 1. The zero-order chi connectivity index (χ0) is 15.4. The van der Waals surface area contributed by atoms with Gasteiger partial charge in [-0.25, -0.2) is 0 Å². The molecule has 0 aliphatic heterocycles. The number of methoxy groups -OCH3 is 1. The number of rotatable bonds is 5. The van der Waals surface area contributed by atoms with Gasteiger partial charge in [0.25, 0.3) is 0 Å². The van der Waals surface area contributed by atoms with Gasteiger partial charge < -0.3 is 15.2 Å². The van der Waals surface area contributed by atoms with E-state index in [1.54, 1.807) is 12.1 Å². The van der Waals surface area contributed by atoms with Crippen LogP contribution in [0.15, 0.2) is 24.3 Å². The van der Waals surface area contributed by atoms with Crippen molar-refractivity contribution in [3.05, 3.63) is 44.1 Å². The number of aromatic hydroxyl groups is 1. The molecule has 2 N–H and O–H groups in total. The minimum absolute atomic E-state index is 0.125. The van der Waals surface area contributed by atoms with E-state index in [4.69, 9.17) is 23.2 Å². The number of ether oxygens (including phenoxy) is 1. The summed E-state index contributed by atoms with van der Waals surface area (Å²) in [4.78, 5) is 13.2. The van der Waals surface area contributed by atoms with Gasteiger partial charge in [0.2, 0.25) is 0 Å². The van der Waals surface area contributed by atoms with Gasteiger partial charge in [-0.3, -0.25) is 4.79 Å². The lowest BCUT2D eigenvalue weighted by atomic mass is 10.3. The third-order valence-corrected chi connectivity index (χ3v) is 4.41. The molecular formula is C14H13Cl2NO3S. The van der Waals surface area contributed by atoms with Gasteiger partial charge in [0.1, 0.15) is 0 Å². The molecule has 0 aliphatic carbocycles. The lowest BCUT2D eigenvalue weighted by Gasteiger charge is -2.07. The van der Waals surface area contributed by atoms with E-state index in [1.807, 2.05) is 12.1 Å². The van der Waals surface area contributed by atoms with Crippen molar-refractivity contribution in [1.29, 1.82) is 0 Å². The Bertz CT molecular complexity index is 634. The highest BCUT2D eigenvalue weighted by Crippen LogP contribution is 2.34. The SMILES string of the molecule is COC(=O)Cc1ccc(CNc2cc(Cl)c(O)c(Cl)c2)s1. The zero-order valence-corrected chi connectivity index (χ0v) is 13.5. The van der Waals surface area contributed by atoms with Gasteiger partial charge in [-0.2, -0.15) is 0 Å². The Morgan fingerprint density at radius 1 is 1.29 bits per heavy atom. The first-order valence-electron chi connectivity index (χ1n) is 6.06. The van der Waals surface area contributed by atoms with E-state index in [2.05, 4.69) is 10.1 Å². The van der Waals surface area contributed by atoms with Crippen molar-refractivity contribution in [2.75, 3.05) is 12.4 Å². The predicted molar refractivity (Wildman–Crippen MR) is 85.5 cm³/mol. The number of thiophene rings is 1. The molecule has 0 saturated heterocycles. The van der Waals surface area contributed by atoms with Crippen LogP contribution in [0.5, 0.6) is 5.75 Å². The van der Waals surface area contributed by atoms with E-state index in [-0.39, 0.29) is 28.2 Å². The number of carbonyl (C=O) groups is 1. The standard InChI is InChI=1S/C14H13Cl2NO3S/c1-20-13(18)6-9-2-3-10(21-9)7-17-8-4-11(15)14(19)12(16)5-8/h2-5,17,19H,6-7H2,1H3. The molecule has 112 valence electrons. The smallest absolute Gasteiger partial charge is 0.310 e. The average Bonchev–Trinajstić information content (AvgIpc) is 2.89. The number of phenolic OH excluding ortho intramolecular Hbond substituents is 1. The van der Waals surface area contributed by atoms with Crippen LogP contribution < -0.4 is 5.32 Å². The fourth-order valence-corrected chi connectivity index (χ4v) is 3.11. The molecule has 0 unspecified atom stereocenters. The number of hydrogen-bond acceptors (Lipinski definition) is 5. The van der Waals surface area contributed by atoms with Crippen molar-refractivity contribution < 1.29 is 14.6 Å². The van der Waals surface area contributed by atoms with Gasteiger partial charge in [0.05, 0.1) is 23.6 Å². The van der Waals surface area contributed by atoms with Gasteiger partial charge in [0.15, 0.2) is 5.75 Å². The molecule has 0 atom stereocenters.